The Kier molecular flexibility index (Phi) is 2.93. The van der Waals surface area contributed by atoms with Crippen molar-refractivity contribution in [1.82, 2.24) is 9.55 Å². The lowest BCUT2D eigenvalue weighted by Gasteiger charge is -2.01. The fourth-order valence-electron chi connectivity index (χ4n) is 1.61. The smallest absolute Gasteiger partial charge is 0.346 e. The Morgan fingerprint density at radius 3 is 2.94 bits per heavy atom. The molecule has 2 aromatic rings. The molecule has 0 aliphatic rings. The summed E-state index contributed by atoms with van der Waals surface area (Å²) in [6, 6.07) is 0. The number of halogens is 1. The summed E-state index contributed by atoms with van der Waals surface area (Å²) in [6.45, 7) is 0.826. The van der Waals surface area contributed by atoms with Gasteiger partial charge in [-0.2, -0.15) is 0 Å². The fraction of sp³-hybridized carbons (Fsp3) is 0.300. The van der Waals surface area contributed by atoms with Gasteiger partial charge in [0, 0.05) is 0 Å². The SMILES string of the molecule is Cc1c(C(=O)O)sc2ncn(CCF)c(=O)c12. The van der Waals surface area contributed by atoms with Gasteiger partial charge in [-0.05, 0) is 12.5 Å². The van der Waals surface area contributed by atoms with Crippen molar-refractivity contribution in [1.29, 1.82) is 0 Å². The minimum absolute atomic E-state index is 0.0700. The highest BCUT2D eigenvalue weighted by molar-refractivity contribution is 7.20. The molecule has 17 heavy (non-hydrogen) atoms. The summed E-state index contributed by atoms with van der Waals surface area (Å²) in [6.07, 6.45) is 1.24. The first-order chi connectivity index (χ1) is 8.06. The molecule has 0 saturated carbocycles. The number of alkyl halides is 1. The predicted molar refractivity (Wildman–Crippen MR) is 61.6 cm³/mol. The lowest BCUT2D eigenvalue weighted by Crippen LogP contribution is -2.21. The molecule has 0 amide bonds. The van der Waals surface area contributed by atoms with Crippen LogP contribution in [-0.2, 0) is 6.54 Å². The highest BCUT2D eigenvalue weighted by Gasteiger charge is 2.18. The van der Waals surface area contributed by atoms with E-state index in [4.69, 9.17) is 5.11 Å². The van der Waals surface area contributed by atoms with E-state index in [1.54, 1.807) is 6.92 Å². The molecule has 90 valence electrons. The number of rotatable bonds is 3. The molecule has 0 bridgehead atoms. The number of aromatic carboxylic acids is 1. The Hall–Kier alpha value is -1.76. The Labute approximate surface area is 99.1 Å². The zero-order valence-electron chi connectivity index (χ0n) is 8.94. The zero-order chi connectivity index (χ0) is 12.6. The molecule has 2 heterocycles. The van der Waals surface area contributed by atoms with Gasteiger partial charge in [-0.25, -0.2) is 14.2 Å². The monoisotopic (exact) mass is 256 g/mol. The van der Waals surface area contributed by atoms with E-state index in [9.17, 15) is 14.0 Å². The molecule has 5 nitrogen and oxygen atoms in total. The van der Waals surface area contributed by atoms with Crippen LogP contribution in [0.4, 0.5) is 4.39 Å². The van der Waals surface area contributed by atoms with Crippen LogP contribution in [0.25, 0.3) is 10.2 Å². The minimum atomic E-state index is -1.08. The number of carboxylic acids is 1. The largest absolute Gasteiger partial charge is 0.477 e. The third-order valence-corrected chi connectivity index (χ3v) is 3.62. The third-order valence-electron chi connectivity index (χ3n) is 2.44. The molecular weight excluding hydrogens is 247 g/mol. The van der Waals surface area contributed by atoms with Gasteiger partial charge in [0.15, 0.2) is 0 Å². The maximum atomic E-state index is 12.2. The van der Waals surface area contributed by atoms with E-state index >= 15 is 0 Å². The van der Waals surface area contributed by atoms with E-state index in [0.29, 0.717) is 10.4 Å². The molecule has 0 atom stereocenters. The number of thiophene rings is 1. The third kappa shape index (κ3) is 1.82. The first-order valence-electron chi connectivity index (χ1n) is 4.84. The van der Waals surface area contributed by atoms with Gasteiger partial charge < -0.3 is 5.11 Å². The molecule has 0 spiro atoms. The summed E-state index contributed by atoms with van der Waals surface area (Å²) in [4.78, 5) is 27.3. The van der Waals surface area contributed by atoms with Gasteiger partial charge in [0.05, 0.1) is 18.3 Å². The second kappa shape index (κ2) is 4.25. The van der Waals surface area contributed by atoms with Gasteiger partial charge >= 0.3 is 5.97 Å². The second-order valence-electron chi connectivity index (χ2n) is 3.47. The summed E-state index contributed by atoms with van der Waals surface area (Å²) < 4.78 is 13.4. The van der Waals surface area contributed by atoms with Crippen LogP contribution in [0.15, 0.2) is 11.1 Å². The van der Waals surface area contributed by atoms with Crippen LogP contribution in [0.5, 0.6) is 0 Å². The number of aromatic nitrogens is 2. The number of carbonyl (C=O) groups is 1. The van der Waals surface area contributed by atoms with Crippen molar-refractivity contribution < 1.29 is 14.3 Å². The first-order valence-corrected chi connectivity index (χ1v) is 5.65. The Morgan fingerprint density at radius 1 is 1.65 bits per heavy atom. The van der Waals surface area contributed by atoms with E-state index in [0.717, 1.165) is 15.9 Å². The van der Waals surface area contributed by atoms with E-state index < -0.39 is 18.2 Å². The highest BCUT2D eigenvalue weighted by atomic mass is 32.1. The van der Waals surface area contributed by atoms with Gasteiger partial charge in [-0.15, -0.1) is 11.3 Å². The van der Waals surface area contributed by atoms with Gasteiger partial charge in [-0.1, -0.05) is 0 Å². The molecule has 0 aliphatic carbocycles. The van der Waals surface area contributed by atoms with Gasteiger partial charge in [0.1, 0.15) is 16.4 Å². The molecule has 2 aromatic heterocycles. The quantitative estimate of drug-likeness (QED) is 0.901. The summed E-state index contributed by atoms with van der Waals surface area (Å²) in [5.74, 6) is -1.08. The maximum Gasteiger partial charge on any atom is 0.346 e. The Morgan fingerprint density at radius 2 is 2.35 bits per heavy atom. The average molecular weight is 256 g/mol. The van der Waals surface area contributed by atoms with Gasteiger partial charge in [0.2, 0.25) is 0 Å². The van der Waals surface area contributed by atoms with Crippen molar-refractivity contribution in [3.8, 4) is 0 Å². The standard InChI is InChI=1S/C10H9FN2O3S/c1-5-6-8(17-7(5)10(15)16)12-4-13(3-2-11)9(6)14/h4H,2-3H2,1H3,(H,15,16). The van der Waals surface area contributed by atoms with Gasteiger partial charge in [0.25, 0.3) is 5.56 Å². The number of nitrogens with zero attached hydrogens (tertiary/aromatic N) is 2. The van der Waals surface area contributed by atoms with Gasteiger partial charge in [-0.3, -0.25) is 9.36 Å². The van der Waals surface area contributed by atoms with Crippen molar-refractivity contribution in [2.45, 2.75) is 13.5 Å². The molecule has 0 fully saturated rings. The van der Waals surface area contributed by atoms with E-state index in [-0.39, 0.29) is 16.8 Å². The Bertz CT molecular complexity index is 647. The first kappa shape index (κ1) is 11.7. The topological polar surface area (TPSA) is 72.2 Å². The Balaban J connectivity index is 2.77. The summed E-state index contributed by atoms with van der Waals surface area (Å²) in [5.41, 5.74) is -0.00268. The lowest BCUT2D eigenvalue weighted by atomic mass is 10.2. The van der Waals surface area contributed by atoms with Crippen molar-refractivity contribution in [3.05, 3.63) is 27.1 Å². The van der Waals surface area contributed by atoms with Crippen molar-refractivity contribution >= 4 is 27.5 Å². The van der Waals surface area contributed by atoms with E-state index in [2.05, 4.69) is 4.98 Å². The molecule has 0 unspecified atom stereocenters. The predicted octanol–water partition coefficient (Wildman–Crippen LogP) is 1.43. The number of fused-ring (bicyclic) bond motifs is 1. The highest BCUT2D eigenvalue weighted by Crippen LogP contribution is 2.26. The minimum Gasteiger partial charge on any atom is -0.477 e. The van der Waals surface area contributed by atoms with Crippen LogP contribution < -0.4 is 5.56 Å². The summed E-state index contributed by atoms with van der Waals surface area (Å²) in [7, 11) is 0. The zero-order valence-corrected chi connectivity index (χ0v) is 9.75. The molecule has 0 saturated heterocycles. The molecule has 0 aliphatic heterocycles. The number of hydrogen-bond donors (Lipinski definition) is 1. The molecule has 0 radical (unpaired) electrons. The molecule has 2 rings (SSSR count). The molecule has 7 heteroatoms. The van der Waals surface area contributed by atoms with Crippen LogP contribution in [0.1, 0.15) is 15.2 Å². The lowest BCUT2D eigenvalue weighted by molar-refractivity contribution is 0.0701. The van der Waals surface area contributed by atoms with Crippen LogP contribution in [0.3, 0.4) is 0 Å². The van der Waals surface area contributed by atoms with Crippen molar-refractivity contribution in [3.63, 3.8) is 0 Å². The number of hydrogen-bond acceptors (Lipinski definition) is 4. The van der Waals surface area contributed by atoms with Crippen LogP contribution >= 0.6 is 11.3 Å². The maximum absolute atomic E-state index is 12.2. The van der Waals surface area contributed by atoms with Crippen LogP contribution in [0.2, 0.25) is 0 Å². The van der Waals surface area contributed by atoms with Crippen molar-refractivity contribution in [2.75, 3.05) is 6.67 Å². The van der Waals surface area contributed by atoms with E-state index in [1.807, 2.05) is 0 Å². The molecule has 0 aromatic carbocycles. The fourth-order valence-corrected chi connectivity index (χ4v) is 2.59. The molecular formula is C10H9FN2O3S. The van der Waals surface area contributed by atoms with E-state index in [1.165, 1.54) is 6.33 Å². The van der Waals surface area contributed by atoms with Crippen molar-refractivity contribution in [2.24, 2.45) is 0 Å². The van der Waals surface area contributed by atoms with Crippen LogP contribution in [0, 0.1) is 6.92 Å². The molecule has 1 N–H and O–H groups in total. The normalized spacial score (nSPS) is 10.9. The average Bonchev–Trinajstić information content (AvgIpc) is 2.61. The van der Waals surface area contributed by atoms with Crippen LogP contribution in [-0.4, -0.2) is 27.3 Å². The number of aryl methyl sites for hydroxylation is 2. The second-order valence-corrected chi connectivity index (χ2v) is 4.47. The number of carboxylic acid groups (broad SMARTS) is 1. The summed E-state index contributed by atoms with van der Waals surface area (Å²) in [5, 5.41) is 9.21. The summed E-state index contributed by atoms with van der Waals surface area (Å²) >= 11 is 0.955.